The van der Waals surface area contributed by atoms with E-state index in [1.54, 1.807) is 11.8 Å². The van der Waals surface area contributed by atoms with Crippen LogP contribution >= 0.6 is 11.8 Å². The van der Waals surface area contributed by atoms with Gasteiger partial charge in [-0.1, -0.05) is 20.8 Å². The number of amides is 1. The molecular formula is C15H22N2OS. The summed E-state index contributed by atoms with van der Waals surface area (Å²) < 4.78 is 0.120. The average Bonchev–Trinajstić information content (AvgIpc) is 2.34. The van der Waals surface area contributed by atoms with Crippen LogP contribution in [0.5, 0.6) is 0 Å². The maximum atomic E-state index is 12.4. The Kier molecular flexibility index (Phi) is 4.09. The monoisotopic (exact) mass is 278 g/mol. The number of carbonyl (C=O) groups is 1. The average molecular weight is 278 g/mol. The van der Waals surface area contributed by atoms with Gasteiger partial charge in [0, 0.05) is 22.7 Å². The van der Waals surface area contributed by atoms with Gasteiger partial charge in [0.25, 0.3) is 0 Å². The van der Waals surface area contributed by atoms with Gasteiger partial charge in [-0.25, -0.2) is 0 Å². The third kappa shape index (κ3) is 3.66. The number of nitrogen functional groups attached to an aromatic ring is 1. The maximum Gasteiger partial charge on any atom is 0.237 e. The lowest BCUT2D eigenvalue weighted by molar-refractivity contribution is -0.116. The molecule has 0 aromatic heterocycles. The van der Waals surface area contributed by atoms with Gasteiger partial charge in [-0.15, -0.1) is 11.8 Å². The molecule has 4 heteroatoms. The molecule has 2 N–H and O–H groups in total. The second kappa shape index (κ2) is 5.45. The summed E-state index contributed by atoms with van der Waals surface area (Å²) in [6.45, 7) is 7.22. The first kappa shape index (κ1) is 14.3. The van der Waals surface area contributed by atoms with Gasteiger partial charge >= 0.3 is 0 Å². The minimum atomic E-state index is 0.120. The molecule has 0 saturated carbocycles. The van der Waals surface area contributed by atoms with Crippen LogP contribution in [0, 0.1) is 0 Å². The second-order valence-corrected chi connectivity index (χ2v) is 7.74. The van der Waals surface area contributed by atoms with Crippen molar-refractivity contribution in [2.24, 2.45) is 0 Å². The number of nitrogens with two attached hydrogens (primary N) is 1. The number of benzene rings is 1. The number of anilines is 2. The van der Waals surface area contributed by atoms with Crippen LogP contribution in [0.4, 0.5) is 11.4 Å². The van der Waals surface area contributed by atoms with Gasteiger partial charge in [-0.3, -0.25) is 4.79 Å². The van der Waals surface area contributed by atoms with E-state index < -0.39 is 0 Å². The number of fused-ring (bicyclic) bond motifs is 1. The first-order valence-electron chi connectivity index (χ1n) is 6.69. The molecule has 0 atom stereocenters. The number of aryl methyl sites for hydroxylation is 1. The zero-order valence-electron chi connectivity index (χ0n) is 11.9. The Labute approximate surface area is 119 Å². The Morgan fingerprint density at radius 2 is 2.16 bits per heavy atom. The molecule has 1 heterocycles. The van der Waals surface area contributed by atoms with E-state index in [2.05, 4.69) is 20.8 Å². The fourth-order valence-electron chi connectivity index (χ4n) is 2.23. The van der Waals surface area contributed by atoms with E-state index in [4.69, 9.17) is 5.73 Å². The standard InChI is InChI=1S/C15H22N2OS/c1-15(2,3)19-10-14(18)17-8-4-5-11-9-12(16)6-7-13(11)17/h6-7,9H,4-5,8,10,16H2,1-3H3. The van der Waals surface area contributed by atoms with Gasteiger partial charge in [0.15, 0.2) is 0 Å². The minimum Gasteiger partial charge on any atom is -0.399 e. The predicted molar refractivity (Wildman–Crippen MR) is 83.7 cm³/mol. The summed E-state index contributed by atoms with van der Waals surface area (Å²) in [5.74, 6) is 0.735. The minimum absolute atomic E-state index is 0.120. The molecular weight excluding hydrogens is 256 g/mol. The van der Waals surface area contributed by atoms with Crippen molar-refractivity contribution < 1.29 is 4.79 Å². The molecule has 0 bridgehead atoms. The van der Waals surface area contributed by atoms with Gasteiger partial charge in [-0.05, 0) is 36.6 Å². The van der Waals surface area contributed by atoms with E-state index in [1.165, 1.54) is 5.56 Å². The van der Waals surface area contributed by atoms with Gasteiger partial charge in [0.2, 0.25) is 5.91 Å². The molecule has 19 heavy (non-hydrogen) atoms. The van der Waals surface area contributed by atoms with Crippen LogP contribution in [-0.2, 0) is 11.2 Å². The van der Waals surface area contributed by atoms with E-state index in [0.717, 1.165) is 30.8 Å². The van der Waals surface area contributed by atoms with Crippen molar-refractivity contribution in [3.05, 3.63) is 23.8 Å². The van der Waals surface area contributed by atoms with E-state index >= 15 is 0 Å². The number of nitrogens with zero attached hydrogens (tertiary/aromatic N) is 1. The summed E-state index contributed by atoms with van der Waals surface area (Å²) in [5, 5.41) is 0. The van der Waals surface area contributed by atoms with Crippen molar-refractivity contribution in [2.75, 3.05) is 22.9 Å². The number of hydrogen-bond donors (Lipinski definition) is 1. The third-order valence-electron chi connectivity index (χ3n) is 3.15. The summed E-state index contributed by atoms with van der Waals surface area (Å²) in [6, 6.07) is 5.84. The highest BCUT2D eigenvalue weighted by atomic mass is 32.2. The molecule has 0 aliphatic carbocycles. The molecule has 0 unspecified atom stereocenters. The van der Waals surface area contributed by atoms with Crippen LogP contribution in [0.2, 0.25) is 0 Å². The van der Waals surface area contributed by atoms with Crippen LogP contribution < -0.4 is 10.6 Å². The van der Waals surface area contributed by atoms with Crippen LogP contribution in [0.25, 0.3) is 0 Å². The molecule has 1 aliphatic heterocycles. The molecule has 1 aromatic carbocycles. The number of carbonyl (C=O) groups excluding carboxylic acids is 1. The highest BCUT2D eigenvalue weighted by Crippen LogP contribution is 2.30. The van der Waals surface area contributed by atoms with Crippen molar-refractivity contribution in [3.8, 4) is 0 Å². The number of rotatable bonds is 2. The van der Waals surface area contributed by atoms with Crippen LogP contribution in [0.15, 0.2) is 18.2 Å². The fraction of sp³-hybridized carbons (Fsp3) is 0.533. The van der Waals surface area contributed by atoms with Crippen LogP contribution in [0.3, 0.4) is 0 Å². The molecule has 1 amide bonds. The first-order valence-corrected chi connectivity index (χ1v) is 7.68. The highest BCUT2D eigenvalue weighted by molar-refractivity contribution is 8.01. The number of hydrogen-bond acceptors (Lipinski definition) is 3. The summed E-state index contributed by atoms with van der Waals surface area (Å²) in [7, 11) is 0. The summed E-state index contributed by atoms with van der Waals surface area (Å²) in [6.07, 6.45) is 2.03. The van der Waals surface area contributed by atoms with Crippen LogP contribution in [-0.4, -0.2) is 23.0 Å². The van der Waals surface area contributed by atoms with Crippen molar-refractivity contribution in [3.63, 3.8) is 0 Å². The van der Waals surface area contributed by atoms with Crippen molar-refractivity contribution >= 4 is 29.0 Å². The van der Waals surface area contributed by atoms with Gasteiger partial charge in [0.1, 0.15) is 0 Å². The number of thioether (sulfide) groups is 1. The smallest absolute Gasteiger partial charge is 0.237 e. The molecule has 2 rings (SSSR count). The van der Waals surface area contributed by atoms with E-state index in [1.807, 2.05) is 23.1 Å². The Hall–Kier alpha value is -1.16. The first-order chi connectivity index (χ1) is 8.87. The van der Waals surface area contributed by atoms with Crippen molar-refractivity contribution in [1.29, 1.82) is 0 Å². The second-order valence-electron chi connectivity index (χ2n) is 5.94. The quantitative estimate of drug-likeness (QED) is 0.846. The predicted octanol–water partition coefficient (Wildman–Crippen LogP) is 3.08. The zero-order chi connectivity index (χ0) is 14.0. The molecule has 0 saturated heterocycles. The van der Waals surface area contributed by atoms with E-state index in [9.17, 15) is 4.79 Å². The van der Waals surface area contributed by atoms with Crippen molar-refractivity contribution in [1.82, 2.24) is 0 Å². The summed E-state index contributed by atoms with van der Waals surface area (Å²) >= 11 is 1.70. The maximum absolute atomic E-state index is 12.4. The van der Waals surface area contributed by atoms with E-state index in [0.29, 0.717) is 5.75 Å². The van der Waals surface area contributed by atoms with Crippen molar-refractivity contribution in [2.45, 2.75) is 38.4 Å². The van der Waals surface area contributed by atoms with E-state index in [-0.39, 0.29) is 10.7 Å². The zero-order valence-corrected chi connectivity index (χ0v) is 12.7. The summed E-state index contributed by atoms with van der Waals surface area (Å²) in [5.41, 5.74) is 8.82. The molecule has 1 aliphatic rings. The lowest BCUT2D eigenvalue weighted by Gasteiger charge is -2.30. The highest BCUT2D eigenvalue weighted by Gasteiger charge is 2.24. The Bertz CT molecular complexity index is 480. The lowest BCUT2D eigenvalue weighted by atomic mass is 10.0. The van der Waals surface area contributed by atoms with Gasteiger partial charge < -0.3 is 10.6 Å². The summed E-state index contributed by atoms with van der Waals surface area (Å²) in [4.78, 5) is 14.3. The Morgan fingerprint density at radius 3 is 2.84 bits per heavy atom. The molecule has 1 aromatic rings. The SMILES string of the molecule is CC(C)(C)SCC(=O)N1CCCc2cc(N)ccc21. The van der Waals surface area contributed by atoms with Gasteiger partial charge in [-0.2, -0.15) is 0 Å². The largest absolute Gasteiger partial charge is 0.399 e. The fourth-order valence-corrected chi connectivity index (χ4v) is 2.94. The molecule has 0 radical (unpaired) electrons. The molecule has 0 fully saturated rings. The van der Waals surface area contributed by atoms with Crippen LogP contribution in [0.1, 0.15) is 32.8 Å². The molecule has 104 valence electrons. The Balaban J connectivity index is 2.13. The Morgan fingerprint density at radius 1 is 1.42 bits per heavy atom. The topological polar surface area (TPSA) is 46.3 Å². The van der Waals surface area contributed by atoms with Gasteiger partial charge in [0.05, 0.1) is 5.75 Å². The molecule has 3 nitrogen and oxygen atoms in total. The molecule has 0 spiro atoms. The normalized spacial score (nSPS) is 15.2. The lowest BCUT2D eigenvalue weighted by Crippen LogP contribution is -2.37. The third-order valence-corrected chi connectivity index (χ3v) is 4.41.